The molecule has 0 aliphatic heterocycles. The van der Waals surface area contributed by atoms with E-state index in [0.717, 1.165) is 32.1 Å². The van der Waals surface area contributed by atoms with Gasteiger partial charge in [0.25, 0.3) is 0 Å². The maximum atomic E-state index is 11.0. The summed E-state index contributed by atoms with van der Waals surface area (Å²) in [5.41, 5.74) is 0.307. The van der Waals surface area contributed by atoms with Gasteiger partial charge in [0.05, 0.1) is 16.3 Å². The van der Waals surface area contributed by atoms with Gasteiger partial charge in [-0.2, -0.15) is 0 Å². The maximum absolute atomic E-state index is 11.0. The van der Waals surface area contributed by atoms with Gasteiger partial charge in [-0.15, -0.1) is 0 Å². The fourth-order valence-electron chi connectivity index (χ4n) is 2.23. The lowest BCUT2D eigenvalue weighted by Gasteiger charge is -1.98. The van der Waals surface area contributed by atoms with Gasteiger partial charge in [-0.1, -0.05) is 38.3 Å². The van der Waals surface area contributed by atoms with E-state index in [0.29, 0.717) is 25.7 Å². The van der Waals surface area contributed by atoms with E-state index in [1.165, 1.54) is 6.08 Å². The summed E-state index contributed by atoms with van der Waals surface area (Å²) in [4.78, 5) is 30.9. The Balaban J connectivity index is 4.16. The van der Waals surface area contributed by atoms with Gasteiger partial charge in [-0.05, 0) is 37.8 Å². The molecule has 0 fully saturated rings. The largest absolute Gasteiger partial charge is 0.291 e. The van der Waals surface area contributed by atoms with Crippen molar-refractivity contribution in [1.82, 2.24) is 0 Å². The van der Waals surface area contributed by atoms with Crippen molar-refractivity contribution in [3.8, 4) is 0 Å². The highest BCUT2D eigenvalue weighted by Gasteiger charge is 2.07. The number of allylic oxidation sites excluding steroid dienone is 5. The Kier molecular flexibility index (Phi) is 13.8. The quantitative estimate of drug-likeness (QED) is 0.181. The Morgan fingerprint density at radius 2 is 1.56 bits per heavy atom. The predicted molar refractivity (Wildman–Crippen MR) is 96.8 cm³/mol. The second kappa shape index (κ2) is 15.2. The summed E-state index contributed by atoms with van der Waals surface area (Å²) in [7, 11) is 0. The van der Waals surface area contributed by atoms with E-state index in [4.69, 9.17) is 0 Å². The Hall–Kier alpha value is -2.31. The zero-order chi connectivity index (χ0) is 18.9. The van der Waals surface area contributed by atoms with Gasteiger partial charge in [0.15, 0.2) is 6.29 Å². The third-order valence-electron chi connectivity index (χ3n) is 3.68. The number of nitrogens with zero attached hydrogens (tertiary/aromatic N) is 2. The topological polar surface area (TPSA) is 103 Å². The highest BCUT2D eigenvalue weighted by atomic mass is 16.6. The van der Waals surface area contributed by atoms with Crippen LogP contribution in [-0.4, -0.2) is 16.1 Å². The molecule has 0 amide bonds. The molecule has 0 bridgehead atoms. The number of hydrogen-bond donors (Lipinski definition) is 0. The molecule has 0 aromatic carbocycles. The smallest absolute Gasteiger partial charge is 0.246 e. The Morgan fingerprint density at radius 1 is 0.920 bits per heavy atom. The van der Waals surface area contributed by atoms with Crippen molar-refractivity contribution in [2.24, 2.45) is 0 Å². The average Bonchev–Trinajstić information content (AvgIpc) is 2.57. The van der Waals surface area contributed by atoms with Crippen molar-refractivity contribution >= 4 is 6.29 Å². The molecule has 0 spiro atoms. The van der Waals surface area contributed by atoms with Gasteiger partial charge in [0.2, 0.25) is 11.4 Å². The Morgan fingerprint density at radius 3 is 2.16 bits per heavy atom. The van der Waals surface area contributed by atoms with E-state index in [9.17, 15) is 25.0 Å². The summed E-state index contributed by atoms with van der Waals surface area (Å²) in [5, 5.41) is 21.6. The van der Waals surface area contributed by atoms with Crippen molar-refractivity contribution in [2.45, 2.75) is 71.1 Å². The maximum Gasteiger partial charge on any atom is 0.246 e. The Bertz CT molecular complexity index is 510. The lowest BCUT2D eigenvalue weighted by Crippen LogP contribution is -1.97. The molecule has 0 unspecified atom stereocenters. The minimum absolute atomic E-state index is 0.153. The first kappa shape index (κ1) is 22.7. The van der Waals surface area contributed by atoms with E-state index < -0.39 is 4.92 Å². The van der Waals surface area contributed by atoms with Gasteiger partial charge < -0.3 is 0 Å². The summed E-state index contributed by atoms with van der Waals surface area (Å²) >= 11 is 0. The van der Waals surface area contributed by atoms with Gasteiger partial charge in [0.1, 0.15) is 0 Å². The standard InChI is InChI=1S/C18H27N2O5/c1-2-17(19(22)23)13-10-8-11-15-18(20(24)25)14-9-6-4-3-5-7-12-16-21/h8,11,13-14H,2-7,9-10,12,15H2,1H3/b11-8+,17-13-,18-14-. The first-order valence-corrected chi connectivity index (χ1v) is 8.69. The summed E-state index contributed by atoms with van der Waals surface area (Å²) in [6, 6.07) is 0. The number of hydrogen-bond acceptors (Lipinski definition) is 5. The van der Waals surface area contributed by atoms with E-state index in [1.54, 1.807) is 25.2 Å². The summed E-state index contributed by atoms with van der Waals surface area (Å²) < 4.78 is 0. The molecule has 139 valence electrons. The predicted octanol–water partition coefficient (Wildman–Crippen LogP) is 4.89. The molecule has 0 heterocycles. The fraction of sp³-hybridized carbons (Fsp3) is 0.611. The van der Waals surface area contributed by atoms with E-state index in [2.05, 4.69) is 0 Å². The molecule has 0 saturated heterocycles. The molecule has 0 aliphatic rings. The van der Waals surface area contributed by atoms with Gasteiger partial charge in [0, 0.05) is 12.8 Å². The van der Waals surface area contributed by atoms with E-state index in [1.807, 2.05) is 6.29 Å². The summed E-state index contributed by atoms with van der Waals surface area (Å²) in [5.74, 6) is 0. The van der Waals surface area contributed by atoms with Gasteiger partial charge >= 0.3 is 0 Å². The molecule has 0 saturated carbocycles. The highest BCUT2D eigenvalue weighted by Crippen LogP contribution is 2.11. The third-order valence-corrected chi connectivity index (χ3v) is 3.68. The average molecular weight is 351 g/mol. The molecule has 0 aromatic heterocycles. The molecule has 0 aliphatic carbocycles. The van der Waals surface area contributed by atoms with Crippen LogP contribution in [0.4, 0.5) is 0 Å². The lowest BCUT2D eigenvalue weighted by atomic mass is 10.1. The third kappa shape index (κ3) is 12.7. The van der Waals surface area contributed by atoms with Crippen LogP contribution in [0, 0.1) is 20.2 Å². The van der Waals surface area contributed by atoms with Crippen LogP contribution in [0.2, 0.25) is 0 Å². The zero-order valence-corrected chi connectivity index (χ0v) is 14.8. The lowest BCUT2D eigenvalue weighted by molar-refractivity contribution is -0.427. The van der Waals surface area contributed by atoms with Crippen molar-refractivity contribution in [3.05, 3.63) is 55.9 Å². The molecular weight excluding hydrogens is 324 g/mol. The van der Waals surface area contributed by atoms with Crippen LogP contribution < -0.4 is 0 Å². The first-order valence-electron chi connectivity index (χ1n) is 8.69. The van der Waals surface area contributed by atoms with Crippen LogP contribution in [-0.2, 0) is 4.79 Å². The van der Waals surface area contributed by atoms with Crippen LogP contribution in [0.1, 0.15) is 71.1 Å². The van der Waals surface area contributed by atoms with Crippen LogP contribution in [0.3, 0.4) is 0 Å². The van der Waals surface area contributed by atoms with Crippen molar-refractivity contribution in [2.75, 3.05) is 0 Å². The van der Waals surface area contributed by atoms with Crippen molar-refractivity contribution < 1.29 is 14.6 Å². The van der Waals surface area contributed by atoms with Crippen LogP contribution >= 0.6 is 0 Å². The normalized spacial score (nSPS) is 12.5. The molecule has 1 radical (unpaired) electrons. The molecule has 0 rings (SSSR count). The molecule has 0 atom stereocenters. The van der Waals surface area contributed by atoms with E-state index in [-0.39, 0.29) is 22.7 Å². The Labute approximate surface area is 148 Å². The van der Waals surface area contributed by atoms with Crippen LogP contribution in [0.25, 0.3) is 0 Å². The fourth-order valence-corrected chi connectivity index (χ4v) is 2.23. The molecule has 0 aromatic rings. The first-order chi connectivity index (χ1) is 12.0. The van der Waals surface area contributed by atoms with Crippen LogP contribution in [0.5, 0.6) is 0 Å². The van der Waals surface area contributed by atoms with Crippen LogP contribution in [0.15, 0.2) is 35.7 Å². The van der Waals surface area contributed by atoms with Gasteiger partial charge in [-0.3, -0.25) is 25.0 Å². The van der Waals surface area contributed by atoms with Crippen molar-refractivity contribution in [1.29, 1.82) is 0 Å². The second-order valence-electron chi connectivity index (χ2n) is 5.62. The summed E-state index contributed by atoms with van der Waals surface area (Å²) in [6.45, 7) is 1.71. The minimum Gasteiger partial charge on any atom is -0.291 e. The molecule has 25 heavy (non-hydrogen) atoms. The number of unbranched alkanes of at least 4 members (excludes halogenated alkanes) is 6. The molecule has 0 N–H and O–H groups in total. The van der Waals surface area contributed by atoms with Crippen molar-refractivity contribution in [3.63, 3.8) is 0 Å². The van der Waals surface area contributed by atoms with Gasteiger partial charge in [-0.25, -0.2) is 0 Å². The monoisotopic (exact) mass is 351 g/mol. The molecule has 7 heteroatoms. The summed E-state index contributed by atoms with van der Waals surface area (Å²) in [6.07, 6.45) is 15.3. The zero-order valence-electron chi connectivity index (χ0n) is 14.8. The molecular formula is C18H27N2O5. The SMILES string of the molecule is CC/C(=C/C/C=C/C/C(=C/CCCCCCC[C]=O)[N+](=O)[O-])[N+](=O)[O-]. The van der Waals surface area contributed by atoms with E-state index >= 15 is 0 Å². The second-order valence-corrected chi connectivity index (χ2v) is 5.62. The number of nitro groups is 2. The number of rotatable bonds is 15. The number of carbonyl (C=O) groups excluding carboxylic acids is 1. The highest BCUT2D eigenvalue weighted by molar-refractivity contribution is 5.50. The minimum atomic E-state index is -0.409. The molecule has 7 nitrogen and oxygen atoms in total.